The Labute approximate surface area is 176 Å². The number of hydrogen-bond donors (Lipinski definition) is 3. The first kappa shape index (κ1) is 19.8. The first-order valence-electron chi connectivity index (χ1n) is 10.0. The number of rotatable bonds is 4. The molecular formula is C21H21F3N6O. The highest BCUT2D eigenvalue weighted by molar-refractivity contribution is 5.74. The topological polar surface area (TPSA) is 90.0 Å². The van der Waals surface area contributed by atoms with E-state index in [0.29, 0.717) is 29.9 Å². The third-order valence-corrected chi connectivity index (χ3v) is 6.25. The van der Waals surface area contributed by atoms with Gasteiger partial charge in [0.2, 0.25) is 0 Å². The van der Waals surface area contributed by atoms with Crippen LogP contribution in [0.4, 0.5) is 19.0 Å². The van der Waals surface area contributed by atoms with Crippen LogP contribution < -0.4 is 10.2 Å². The molecule has 31 heavy (non-hydrogen) atoms. The number of halogens is 3. The van der Waals surface area contributed by atoms with Crippen LogP contribution in [0, 0.1) is 5.82 Å². The molecule has 3 atom stereocenters. The minimum atomic E-state index is -2.68. The highest BCUT2D eigenvalue weighted by atomic mass is 19.3. The molecule has 2 aliphatic rings. The van der Waals surface area contributed by atoms with Crippen LogP contribution in [0.25, 0.3) is 22.4 Å². The molecule has 2 saturated heterocycles. The van der Waals surface area contributed by atoms with Gasteiger partial charge in [-0.15, -0.1) is 0 Å². The molecule has 2 bridgehead atoms. The van der Waals surface area contributed by atoms with Gasteiger partial charge in [-0.05, 0) is 25.0 Å². The lowest BCUT2D eigenvalue weighted by Crippen LogP contribution is -2.49. The molecule has 7 nitrogen and oxygen atoms in total. The molecule has 0 amide bonds. The standard InChI is InChI=1S/C21H21F3N6O/c1-30(13-2-12-6-21(23,24)19(3-13)29-12)20-10-25-17(9-26-20)15-4-16(22)14(5-18(15)31)11-7-27-28-8-11/h4-5,7-10,12-13,19,29,31H,2-3,6H2,1H3,(H,27,28)/t12-,13+,19+/m0/s1. The molecule has 0 aliphatic carbocycles. The maximum atomic E-state index is 14.6. The number of hydrogen-bond acceptors (Lipinski definition) is 6. The number of alkyl halides is 2. The third-order valence-electron chi connectivity index (χ3n) is 6.25. The number of aromatic amines is 1. The normalized spacial score (nSPS) is 24.3. The minimum Gasteiger partial charge on any atom is -0.507 e. The van der Waals surface area contributed by atoms with Gasteiger partial charge in [-0.25, -0.2) is 18.2 Å². The van der Waals surface area contributed by atoms with E-state index in [4.69, 9.17) is 0 Å². The lowest BCUT2D eigenvalue weighted by atomic mass is 9.98. The van der Waals surface area contributed by atoms with Gasteiger partial charge in [0.25, 0.3) is 5.92 Å². The Kier molecular flexibility index (Phi) is 4.62. The third kappa shape index (κ3) is 3.50. The Morgan fingerprint density at radius 1 is 1.13 bits per heavy atom. The van der Waals surface area contributed by atoms with Crippen LogP contribution in [0.3, 0.4) is 0 Å². The van der Waals surface area contributed by atoms with Crippen LogP contribution in [0.2, 0.25) is 0 Å². The highest BCUT2D eigenvalue weighted by Gasteiger charge is 2.53. The number of H-pyrrole nitrogens is 1. The lowest BCUT2D eigenvalue weighted by molar-refractivity contribution is -0.0128. The van der Waals surface area contributed by atoms with Crippen molar-refractivity contribution < 1.29 is 18.3 Å². The van der Waals surface area contributed by atoms with Crippen LogP contribution in [0.5, 0.6) is 5.75 Å². The van der Waals surface area contributed by atoms with E-state index >= 15 is 0 Å². The van der Waals surface area contributed by atoms with E-state index in [-0.39, 0.29) is 35.4 Å². The monoisotopic (exact) mass is 430 g/mol. The number of fused-ring (bicyclic) bond motifs is 2. The number of benzene rings is 1. The van der Waals surface area contributed by atoms with Crippen molar-refractivity contribution in [3.8, 4) is 28.1 Å². The first-order valence-corrected chi connectivity index (χ1v) is 10.0. The molecule has 1 aromatic carbocycles. The average molecular weight is 430 g/mol. The number of nitrogens with one attached hydrogen (secondary N) is 2. The number of piperidine rings is 1. The van der Waals surface area contributed by atoms with E-state index in [1.54, 1.807) is 0 Å². The van der Waals surface area contributed by atoms with Crippen LogP contribution in [-0.2, 0) is 0 Å². The number of nitrogens with zero attached hydrogens (tertiary/aromatic N) is 4. The second kappa shape index (κ2) is 7.23. The van der Waals surface area contributed by atoms with E-state index in [9.17, 15) is 18.3 Å². The predicted molar refractivity (Wildman–Crippen MR) is 108 cm³/mol. The summed E-state index contributed by atoms with van der Waals surface area (Å²) in [6, 6.07) is 1.42. The summed E-state index contributed by atoms with van der Waals surface area (Å²) < 4.78 is 42.6. The Morgan fingerprint density at radius 3 is 2.65 bits per heavy atom. The van der Waals surface area contributed by atoms with Gasteiger partial charge in [-0.3, -0.25) is 10.1 Å². The van der Waals surface area contributed by atoms with Crippen molar-refractivity contribution in [3.05, 3.63) is 42.7 Å². The molecule has 4 heterocycles. The van der Waals surface area contributed by atoms with Crippen molar-refractivity contribution in [1.82, 2.24) is 25.5 Å². The van der Waals surface area contributed by atoms with E-state index < -0.39 is 17.8 Å². The summed E-state index contributed by atoms with van der Waals surface area (Å²) in [4.78, 5) is 10.6. The maximum absolute atomic E-state index is 14.6. The van der Waals surface area contributed by atoms with Crippen molar-refractivity contribution >= 4 is 5.82 Å². The SMILES string of the molecule is CN(c1cnc(-c2cc(F)c(-c3cn[nH]c3)cc2O)cn1)[C@@H]1C[C@H]2CC(F)(F)[C@@H](C1)N2. The second-order valence-electron chi connectivity index (χ2n) is 8.21. The van der Waals surface area contributed by atoms with E-state index in [1.165, 1.54) is 36.9 Å². The lowest BCUT2D eigenvalue weighted by Gasteiger charge is -2.36. The van der Waals surface area contributed by atoms with Gasteiger partial charge in [0.15, 0.2) is 0 Å². The molecule has 10 heteroatoms. The van der Waals surface area contributed by atoms with Gasteiger partial charge in [0.05, 0.1) is 30.3 Å². The molecule has 2 fully saturated rings. The van der Waals surface area contributed by atoms with Crippen molar-refractivity contribution in [2.24, 2.45) is 0 Å². The fourth-order valence-electron chi connectivity index (χ4n) is 4.56. The zero-order chi connectivity index (χ0) is 21.8. The molecule has 5 rings (SSSR count). The van der Waals surface area contributed by atoms with E-state index in [0.717, 1.165) is 0 Å². The molecular weight excluding hydrogens is 409 g/mol. The van der Waals surface area contributed by atoms with Gasteiger partial charge in [0, 0.05) is 48.4 Å². The van der Waals surface area contributed by atoms with Crippen molar-refractivity contribution in [3.63, 3.8) is 0 Å². The minimum absolute atomic E-state index is 0.0788. The average Bonchev–Trinajstić information content (AvgIpc) is 3.35. The van der Waals surface area contributed by atoms with Crippen molar-refractivity contribution in [2.75, 3.05) is 11.9 Å². The van der Waals surface area contributed by atoms with Crippen LogP contribution in [0.1, 0.15) is 19.3 Å². The highest BCUT2D eigenvalue weighted by Crippen LogP contribution is 2.41. The van der Waals surface area contributed by atoms with E-state index in [2.05, 4.69) is 25.5 Å². The first-order chi connectivity index (χ1) is 14.8. The Morgan fingerprint density at radius 2 is 1.97 bits per heavy atom. The fourth-order valence-corrected chi connectivity index (χ4v) is 4.56. The molecule has 2 aliphatic heterocycles. The molecule has 0 spiro atoms. The number of phenols is 1. The quantitative estimate of drug-likeness (QED) is 0.588. The number of aromatic hydroxyl groups is 1. The summed E-state index contributed by atoms with van der Waals surface area (Å²) in [6.45, 7) is 0. The Bertz CT molecular complexity index is 1090. The fraction of sp³-hybridized carbons (Fsp3) is 0.381. The zero-order valence-corrected chi connectivity index (χ0v) is 16.7. The molecule has 2 aromatic heterocycles. The number of phenolic OH excluding ortho intramolecular Hbond substituents is 1. The van der Waals surface area contributed by atoms with E-state index in [1.807, 2.05) is 11.9 Å². The molecule has 0 unspecified atom stereocenters. The molecule has 0 saturated carbocycles. The predicted octanol–water partition coefficient (Wildman–Crippen LogP) is 3.34. The summed E-state index contributed by atoms with van der Waals surface area (Å²) in [5.74, 6) is -2.80. The zero-order valence-electron chi connectivity index (χ0n) is 16.7. The Balaban J connectivity index is 1.36. The maximum Gasteiger partial charge on any atom is 0.264 e. The molecule has 0 radical (unpaired) electrons. The van der Waals surface area contributed by atoms with Crippen molar-refractivity contribution in [2.45, 2.75) is 43.3 Å². The number of aromatic nitrogens is 4. The molecule has 3 N–H and O–H groups in total. The largest absolute Gasteiger partial charge is 0.507 e. The van der Waals surface area contributed by atoms with Crippen LogP contribution in [-0.4, -0.2) is 56.4 Å². The molecule has 162 valence electrons. The van der Waals surface area contributed by atoms with Crippen LogP contribution in [0.15, 0.2) is 36.9 Å². The summed E-state index contributed by atoms with van der Waals surface area (Å²) >= 11 is 0. The van der Waals surface area contributed by atoms with Gasteiger partial charge in [-0.2, -0.15) is 5.10 Å². The van der Waals surface area contributed by atoms with Gasteiger partial charge >= 0.3 is 0 Å². The van der Waals surface area contributed by atoms with Gasteiger partial charge in [0.1, 0.15) is 17.4 Å². The van der Waals surface area contributed by atoms with Crippen molar-refractivity contribution in [1.29, 1.82) is 0 Å². The summed E-state index contributed by atoms with van der Waals surface area (Å²) in [5, 5.41) is 19.8. The number of anilines is 1. The summed E-state index contributed by atoms with van der Waals surface area (Å²) in [7, 11) is 1.81. The summed E-state index contributed by atoms with van der Waals surface area (Å²) in [5.41, 5.74) is 1.26. The van der Waals surface area contributed by atoms with Crippen LogP contribution >= 0.6 is 0 Å². The smallest absolute Gasteiger partial charge is 0.264 e. The van der Waals surface area contributed by atoms with Gasteiger partial charge in [-0.1, -0.05) is 0 Å². The Hall–Kier alpha value is -3.14. The van der Waals surface area contributed by atoms with Gasteiger partial charge < -0.3 is 15.3 Å². The molecule has 3 aromatic rings. The summed E-state index contributed by atoms with van der Waals surface area (Å²) in [6.07, 6.45) is 6.75. The second-order valence-corrected chi connectivity index (χ2v) is 8.21.